The Balaban J connectivity index is 2.10. The van der Waals surface area contributed by atoms with Crippen molar-refractivity contribution in [3.63, 3.8) is 0 Å². The van der Waals surface area contributed by atoms with E-state index < -0.39 is 5.56 Å². The molecule has 19 heavy (non-hydrogen) atoms. The van der Waals surface area contributed by atoms with E-state index in [1.54, 1.807) is 12.1 Å². The number of nitrogens with one attached hydrogen (secondary N) is 1. The number of aromatic nitrogens is 5. The maximum Gasteiger partial charge on any atom is 0.282 e. The average Bonchev–Trinajstić information content (AvgIpc) is 2.88. The predicted molar refractivity (Wildman–Crippen MR) is 66.4 cm³/mol. The molecule has 0 aliphatic heterocycles. The van der Waals surface area contributed by atoms with Gasteiger partial charge in [0.15, 0.2) is 11.5 Å². The number of azo groups is 1. The number of aromatic amines is 1. The SMILES string of the molecule is Nc1c(N=Nc2ccccc2)c(=O)[nH]c2nnnn12. The van der Waals surface area contributed by atoms with Gasteiger partial charge in [-0.1, -0.05) is 23.3 Å². The molecule has 2 aromatic heterocycles. The molecule has 2 heterocycles. The number of anilines is 1. The number of nitrogens with zero attached hydrogens (tertiary/aromatic N) is 6. The first-order valence-corrected chi connectivity index (χ1v) is 5.32. The molecule has 3 aromatic rings. The van der Waals surface area contributed by atoms with Gasteiger partial charge in [0.1, 0.15) is 0 Å². The highest BCUT2D eigenvalue weighted by molar-refractivity contribution is 5.59. The second-order valence-electron chi connectivity index (χ2n) is 3.64. The van der Waals surface area contributed by atoms with Gasteiger partial charge in [0, 0.05) is 0 Å². The molecule has 9 nitrogen and oxygen atoms in total. The van der Waals surface area contributed by atoms with Crippen LogP contribution in [0.3, 0.4) is 0 Å². The van der Waals surface area contributed by atoms with Crippen molar-refractivity contribution >= 4 is 23.0 Å². The summed E-state index contributed by atoms with van der Waals surface area (Å²) in [5.41, 5.74) is 5.85. The predicted octanol–water partition coefficient (Wildman–Crippen LogP) is 0.810. The third-order valence-corrected chi connectivity index (χ3v) is 2.40. The molecule has 9 heteroatoms. The van der Waals surface area contributed by atoms with Gasteiger partial charge in [0.25, 0.3) is 11.3 Å². The number of rotatable bonds is 2. The van der Waals surface area contributed by atoms with Crippen LogP contribution in [0.5, 0.6) is 0 Å². The molecule has 0 aliphatic carbocycles. The van der Waals surface area contributed by atoms with Crippen LogP contribution in [0.4, 0.5) is 17.2 Å². The van der Waals surface area contributed by atoms with E-state index in [-0.39, 0.29) is 17.3 Å². The lowest BCUT2D eigenvalue weighted by Gasteiger charge is -1.99. The summed E-state index contributed by atoms with van der Waals surface area (Å²) in [6, 6.07) is 8.99. The molecule has 0 unspecified atom stereocenters. The molecule has 0 saturated carbocycles. The number of hydrogen-bond donors (Lipinski definition) is 2. The summed E-state index contributed by atoms with van der Waals surface area (Å²) < 4.78 is 1.18. The highest BCUT2D eigenvalue weighted by Gasteiger charge is 2.11. The minimum atomic E-state index is -0.500. The molecule has 0 atom stereocenters. The molecule has 0 spiro atoms. The van der Waals surface area contributed by atoms with Crippen molar-refractivity contribution in [2.75, 3.05) is 5.73 Å². The number of hydrogen-bond acceptors (Lipinski definition) is 7. The van der Waals surface area contributed by atoms with E-state index in [4.69, 9.17) is 5.73 Å². The maximum atomic E-state index is 11.8. The number of tetrazole rings is 1. The molecule has 1 aromatic carbocycles. The van der Waals surface area contributed by atoms with Crippen molar-refractivity contribution in [3.05, 3.63) is 40.7 Å². The van der Waals surface area contributed by atoms with Crippen molar-refractivity contribution in [1.82, 2.24) is 25.0 Å². The van der Waals surface area contributed by atoms with Crippen molar-refractivity contribution < 1.29 is 0 Å². The zero-order valence-electron chi connectivity index (χ0n) is 9.56. The lowest BCUT2D eigenvalue weighted by molar-refractivity contribution is 0.826. The quantitative estimate of drug-likeness (QED) is 0.656. The summed E-state index contributed by atoms with van der Waals surface area (Å²) in [6.45, 7) is 0. The van der Waals surface area contributed by atoms with Crippen LogP contribution >= 0.6 is 0 Å². The van der Waals surface area contributed by atoms with E-state index in [1.165, 1.54) is 4.52 Å². The van der Waals surface area contributed by atoms with Crippen molar-refractivity contribution in [2.24, 2.45) is 10.2 Å². The Labute approximate surface area is 105 Å². The van der Waals surface area contributed by atoms with Crippen LogP contribution in [0.2, 0.25) is 0 Å². The molecule has 0 saturated heterocycles. The van der Waals surface area contributed by atoms with Gasteiger partial charge in [0.2, 0.25) is 0 Å². The third-order valence-electron chi connectivity index (χ3n) is 2.40. The van der Waals surface area contributed by atoms with E-state index in [9.17, 15) is 4.79 Å². The van der Waals surface area contributed by atoms with Crippen LogP contribution in [0.25, 0.3) is 5.78 Å². The third kappa shape index (κ3) is 1.92. The Morgan fingerprint density at radius 3 is 2.79 bits per heavy atom. The first-order valence-electron chi connectivity index (χ1n) is 5.32. The number of benzene rings is 1. The van der Waals surface area contributed by atoms with Gasteiger partial charge >= 0.3 is 0 Å². The number of nitrogen functional groups attached to an aromatic ring is 1. The Morgan fingerprint density at radius 1 is 1.21 bits per heavy atom. The van der Waals surface area contributed by atoms with Crippen LogP contribution < -0.4 is 11.3 Å². The average molecular weight is 256 g/mol. The fraction of sp³-hybridized carbons (Fsp3) is 0. The normalized spacial score (nSPS) is 11.4. The molecule has 0 radical (unpaired) electrons. The molecule has 0 amide bonds. The minimum Gasteiger partial charge on any atom is -0.381 e. The van der Waals surface area contributed by atoms with E-state index in [0.717, 1.165) is 0 Å². The molecule has 3 N–H and O–H groups in total. The first-order chi connectivity index (χ1) is 9.25. The lowest BCUT2D eigenvalue weighted by atomic mass is 10.3. The summed E-state index contributed by atoms with van der Waals surface area (Å²) in [6.07, 6.45) is 0. The van der Waals surface area contributed by atoms with Gasteiger partial charge in [-0.3, -0.25) is 9.78 Å². The van der Waals surface area contributed by atoms with Crippen molar-refractivity contribution in [1.29, 1.82) is 0 Å². The molecule has 94 valence electrons. The van der Waals surface area contributed by atoms with Gasteiger partial charge < -0.3 is 5.73 Å². The van der Waals surface area contributed by atoms with Crippen LogP contribution in [0.15, 0.2) is 45.4 Å². The van der Waals surface area contributed by atoms with Crippen molar-refractivity contribution in [3.8, 4) is 0 Å². The molecular weight excluding hydrogens is 248 g/mol. The van der Waals surface area contributed by atoms with Gasteiger partial charge in [-0.2, -0.15) is 9.63 Å². The number of nitrogens with two attached hydrogens (primary N) is 1. The summed E-state index contributed by atoms with van der Waals surface area (Å²) in [7, 11) is 0. The topological polar surface area (TPSA) is 127 Å². The van der Waals surface area contributed by atoms with Crippen molar-refractivity contribution in [2.45, 2.75) is 0 Å². The highest BCUT2D eigenvalue weighted by Crippen LogP contribution is 2.19. The fourth-order valence-corrected chi connectivity index (χ4v) is 1.50. The summed E-state index contributed by atoms with van der Waals surface area (Å²) >= 11 is 0. The van der Waals surface area contributed by atoms with Gasteiger partial charge in [-0.15, -0.1) is 5.11 Å². The van der Waals surface area contributed by atoms with E-state index >= 15 is 0 Å². The van der Waals surface area contributed by atoms with Gasteiger partial charge in [0.05, 0.1) is 5.69 Å². The Kier molecular flexibility index (Phi) is 2.49. The molecule has 0 fully saturated rings. The van der Waals surface area contributed by atoms with Gasteiger partial charge in [-0.25, -0.2) is 0 Å². The zero-order valence-corrected chi connectivity index (χ0v) is 9.56. The standard InChI is InChI=1S/C10H8N8O/c11-8-7(14-13-6-4-2-1-3-5-6)9(19)12-10-15-16-17-18(8)10/h1-5H,11H2,(H,12,15,17,19). The van der Waals surface area contributed by atoms with E-state index in [2.05, 4.69) is 30.7 Å². The first kappa shape index (κ1) is 11.0. The lowest BCUT2D eigenvalue weighted by Crippen LogP contribution is -2.13. The molecule has 0 bridgehead atoms. The second kappa shape index (κ2) is 4.29. The zero-order chi connectivity index (χ0) is 13.2. The van der Waals surface area contributed by atoms with Crippen LogP contribution in [0, 0.1) is 0 Å². The Bertz CT molecular complexity index is 803. The van der Waals surface area contributed by atoms with Crippen LogP contribution in [-0.4, -0.2) is 25.0 Å². The molecule has 3 rings (SSSR count). The Morgan fingerprint density at radius 2 is 2.00 bits per heavy atom. The van der Waals surface area contributed by atoms with E-state index in [1.807, 2.05) is 18.2 Å². The van der Waals surface area contributed by atoms with E-state index in [0.29, 0.717) is 5.69 Å². The fourth-order valence-electron chi connectivity index (χ4n) is 1.50. The van der Waals surface area contributed by atoms with Gasteiger partial charge in [-0.05, 0) is 22.6 Å². The largest absolute Gasteiger partial charge is 0.381 e. The summed E-state index contributed by atoms with van der Waals surface area (Å²) in [5.74, 6) is 0.185. The monoisotopic (exact) mass is 256 g/mol. The second-order valence-corrected chi connectivity index (χ2v) is 3.64. The summed E-state index contributed by atoms with van der Waals surface area (Å²) in [4.78, 5) is 14.2. The number of H-pyrrole nitrogens is 1. The smallest absolute Gasteiger partial charge is 0.282 e. The Hall–Kier alpha value is -3.10. The van der Waals surface area contributed by atoms with Crippen LogP contribution in [-0.2, 0) is 0 Å². The number of fused-ring (bicyclic) bond motifs is 1. The van der Waals surface area contributed by atoms with Crippen LogP contribution in [0.1, 0.15) is 0 Å². The highest BCUT2D eigenvalue weighted by atomic mass is 16.1. The summed E-state index contributed by atoms with van der Waals surface area (Å²) in [5, 5.41) is 18.4. The molecular formula is C10H8N8O. The maximum absolute atomic E-state index is 11.8. The molecule has 0 aliphatic rings. The minimum absolute atomic E-state index is 0.0310.